The van der Waals surface area contributed by atoms with Crippen LogP contribution in [-0.4, -0.2) is 27.8 Å². The van der Waals surface area contributed by atoms with E-state index in [0.717, 1.165) is 0 Å². The first-order chi connectivity index (χ1) is 10.9. The third-order valence-electron chi connectivity index (χ3n) is 3.37. The fourth-order valence-corrected chi connectivity index (χ4v) is 2.83. The van der Waals surface area contributed by atoms with Crippen LogP contribution in [0, 0.1) is 12.7 Å². The molecule has 0 saturated carbocycles. The fraction of sp³-hybridized carbons (Fsp3) is 0.250. The van der Waals surface area contributed by atoms with E-state index in [4.69, 9.17) is 10.5 Å². The third-order valence-corrected chi connectivity index (χ3v) is 4.59. The topological polar surface area (TPSA) is 82.3 Å². The number of nitrogens with zero attached hydrogens (tertiary/aromatic N) is 1. The van der Waals surface area contributed by atoms with Crippen LogP contribution in [0.1, 0.15) is 28.4 Å². The number of aromatic nitrogens is 1. The molecule has 0 aliphatic heterocycles. The first-order valence-electron chi connectivity index (χ1n) is 6.92. The molecule has 1 aromatic heterocycles. The highest BCUT2D eigenvalue weighted by Crippen LogP contribution is 2.25. The van der Waals surface area contributed by atoms with E-state index in [1.807, 2.05) is 0 Å². The number of methoxy groups -OCH3 is 1. The molecule has 0 fully saturated rings. The molecule has 7 heteroatoms. The minimum Gasteiger partial charge on any atom is -0.496 e. The minimum atomic E-state index is -1.28. The van der Waals surface area contributed by atoms with E-state index in [1.54, 1.807) is 13.8 Å². The van der Waals surface area contributed by atoms with Gasteiger partial charge in [0.15, 0.2) is 5.78 Å². The van der Waals surface area contributed by atoms with Crippen LogP contribution in [0.3, 0.4) is 0 Å². The molecule has 122 valence electrons. The molecule has 1 unspecified atom stereocenters. The number of aryl methyl sites for hydroxylation is 1. The average molecular weight is 336 g/mol. The van der Waals surface area contributed by atoms with Crippen LogP contribution in [0.25, 0.3) is 0 Å². The van der Waals surface area contributed by atoms with Gasteiger partial charge in [0.1, 0.15) is 22.4 Å². The number of anilines is 1. The summed E-state index contributed by atoms with van der Waals surface area (Å²) in [4.78, 5) is 16.5. The van der Waals surface area contributed by atoms with Crippen LogP contribution in [0.5, 0.6) is 5.75 Å². The van der Waals surface area contributed by atoms with Gasteiger partial charge in [0, 0.05) is 5.75 Å². The lowest BCUT2D eigenvalue weighted by molar-refractivity contribution is 0.103. The smallest absolute Gasteiger partial charge is 0.199 e. The number of hydrogen-bond donors (Lipinski definition) is 1. The Morgan fingerprint density at radius 2 is 2.04 bits per heavy atom. The lowest BCUT2D eigenvalue weighted by Crippen LogP contribution is -2.11. The summed E-state index contributed by atoms with van der Waals surface area (Å²) in [6.45, 7) is 3.43. The van der Waals surface area contributed by atoms with Crippen LogP contribution in [-0.2, 0) is 10.8 Å². The summed E-state index contributed by atoms with van der Waals surface area (Å²) in [5.74, 6) is -0.532. The Labute approximate surface area is 136 Å². The SMILES string of the molecule is CCS(=O)c1ccc(C(=O)c2cc(OC)c(C)cc2F)c(N)n1. The molecule has 0 aliphatic rings. The summed E-state index contributed by atoms with van der Waals surface area (Å²) >= 11 is 0. The van der Waals surface area contributed by atoms with Gasteiger partial charge in [0.25, 0.3) is 0 Å². The lowest BCUT2D eigenvalue weighted by atomic mass is 10.0. The average Bonchev–Trinajstić information content (AvgIpc) is 2.53. The number of benzene rings is 1. The van der Waals surface area contributed by atoms with E-state index in [2.05, 4.69) is 4.98 Å². The number of nitrogen functional groups attached to an aromatic ring is 1. The zero-order valence-corrected chi connectivity index (χ0v) is 13.9. The second kappa shape index (κ2) is 6.87. The summed E-state index contributed by atoms with van der Waals surface area (Å²) in [6, 6.07) is 5.45. The molecule has 0 spiro atoms. The second-order valence-electron chi connectivity index (χ2n) is 4.85. The molecule has 0 aliphatic carbocycles. The number of halogens is 1. The summed E-state index contributed by atoms with van der Waals surface area (Å²) in [5, 5.41) is 0.295. The maximum absolute atomic E-state index is 14.1. The van der Waals surface area contributed by atoms with Crippen LogP contribution >= 0.6 is 0 Å². The number of carbonyl (C=O) groups is 1. The van der Waals surface area contributed by atoms with Crippen molar-refractivity contribution in [2.75, 3.05) is 18.6 Å². The van der Waals surface area contributed by atoms with Crippen molar-refractivity contribution in [2.45, 2.75) is 18.9 Å². The molecule has 2 rings (SSSR count). The van der Waals surface area contributed by atoms with Crippen molar-refractivity contribution in [2.24, 2.45) is 0 Å². The zero-order chi connectivity index (χ0) is 17.1. The largest absolute Gasteiger partial charge is 0.496 e. The summed E-state index contributed by atoms with van der Waals surface area (Å²) in [7, 11) is 0.168. The van der Waals surface area contributed by atoms with E-state index < -0.39 is 22.4 Å². The Balaban J connectivity index is 2.47. The van der Waals surface area contributed by atoms with Crippen LogP contribution < -0.4 is 10.5 Å². The van der Waals surface area contributed by atoms with Crippen molar-refractivity contribution in [1.82, 2.24) is 4.98 Å². The fourth-order valence-electron chi connectivity index (χ4n) is 2.11. The Morgan fingerprint density at radius 3 is 2.61 bits per heavy atom. The molecule has 1 aromatic carbocycles. The van der Waals surface area contributed by atoms with Gasteiger partial charge >= 0.3 is 0 Å². The van der Waals surface area contributed by atoms with Gasteiger partial charge in [0.2, 0.25) is 0 Å². The van der Waals surface area contributed by atoms with E-state index in [0.29, 0.717) is 22.1 Å². The Morgan fingerprint density at radius 1 is 1.35 bits per heavy atom. The predicted octanol–water partition coefficient (Wildman–Crippen LogP) is 2.48. The minimum absolute atomic E-state index is 0.0617. The number of ether oxygens (including phenoxy) is 1. The van der Waals surface area contributed by atoms with Crippen molar-refractivity contribution in [3.05, 3.63) is 46.8 Å². The molecule has 2 N–H and O–H groups in total. The molecular weight excluding hydrogens is 319 g/mol. The Hall–Kier alpha value is -2.28. The van der Waals surface area contributed by atoms with E-state index in [1.165, 1.54) is 31.4 Å². The van der Waals surface area contributed by atoms with Crippen molar-refractivity contribution in [3.8, 4) is 5.75 Å². The molecule has 0 bridgehead atoms. The van der Waals surface area contributed by atoms with Gasteiger partial charge < -0.3 is 10.5 Å². The van der Waals surface area contributed by atoms with Gasteiger partial charge in [-0.05, 0) is 36.8 Å². The van der Waals surface area contributed by atoms with Gasteiger partial charge in [0.05, 0.1) is 29.0 Å². The molecule has 5 nitrogen and oxygen atoms in total. The van der Waals surface area contributed by atoms with Crippen LogP contribution in [0.4, 0.5) is 10.2 Å². The Bertz CT molecular complexity index is 793. The maximum atomic E-state index is 14.1. The van der Waals surface area contributed by atoms with Crippen LogP contribution in [0.2, 0.25) is 0 Å². The monoisotopic (exact) mass is 336 g/mol. The third kappa shape index (κ3) is 3.39. The number of rotatable bonds is 5. The highest BCUT2D eigenvalue weighted by atomic mass is 32.2. The van der Waals surface area contributed by atoms with Crippen molar-refractivity contribution in [3.63, 3.8) is 0 Å². The zero-order valence-electron chi connectivity index (χ0n) is 13.1. The molecule has 1 heterocycles. The van der Waals surface area contributed by atoms with Crippen molar-refractivity contribution < 1.29 is 18.1 Å². The van der Waals surface area contributed by atoms with Crippen molar-refractivity contribution >= 4 is 22.4 Å². The van der Waals surface area contributed by atoms with Gasteiger partial charge in [-0.3, -0.25) is 9.00 Å². The molecule has 23 heavy (non-hydrogen) atoms. The van der Waals surface area contributed by atoms with Gasteiger partial charge in [-0.25, -0.2) is 9.37 Å². The first-order valence-corrected chi connectivity index (χ1v) is 8.24. The molecular formula is C16H17FN2O3S. The molecule has 0 amide bonds. The molecule has 0 saturated heterocycles. The molecule has 0 radical (unpaired) electrons. The molecule has 2 aromatic rings. The first kappa shape index (κ1) is 17.1. The predicted molar refractivity (Wildman–Crippen MR) is 86.7 cm³/mol. The standard InChI is InChI=1S/C16H17FN2O3S/c1-4-23(21)14-6-5-10(16(18)19-14)15(20)11-8-13(22-3)9(2)7-12(11)17/h5-8H,4H2,1-3H3,(H2,18,19). The lowest BCUT2D eigenvalue weighted by Gasteiger charge is -2.10. The van der Waals surface area contributed by atoms with E-state index in [-0.39, 0.29) is 16.9 Å². The highest BCUT2D eigenvalue weighted by molar-refractivity contribution is 7.84. The maximum Gasteiger partial charge on any atom is 0.199 e. The summed E-state index contributed by atoms with van der Waals surface area (Å²) < 4.78 is 30.9. The van der Waals surface area contributed by atoms with Gasteiger partial charge in [-0.15, -0.1) is 0 Å². The number of nitrogens with two attached hydrogens (primary N) is 1. The number of ketones is 1. The second-order valence-corrected chi connectivity index (χ2v) is 6.53. The molecule has 1 atom stereocenters. The number of pyridine rings is 1. The normalized spacial score (nSPS) is 12.0. The van der Waals surface area contributed by atoms with Gasteiger partial charge in [-0.2, -0.15) is 0 Å². The van der Waals surface area contributed by atoms with E-state index in [9.17, 15) is 13.4 Å². The summed E-state index contributed by atoms with van der Waals surface area (Å²) in [5.41, 5.74) is 6.28. The van der Waals surface area contributed by atoms with Crippen molar-refractivity contribution in [1.29, 1.82) is 0 Å². The van der Waals surface area contributed by atoms with Crippen LogP contribution in [0.15, 0.2) is 29.3 Å². The quantitative estimate of drug-likeness (QED) is 0.848. The summed E-state index contributed by atoms with van der Waals surface area (Å²) in [6.07, 6.45) is 0. The Kier molecular flexibility index (Phi) is 5.10. The highest BCUT2D eigenvalue weighted by Gasteiger charge is 2.20. The van der Waals surface area contributed by atoms with E-state index >= 15 is 0 Å². The van der Waals surface area contributed by atoms with Gasteiger partial charge in [-0.1, -0.05) is 6.92 Å². The number of carbonyl (C=O) groups excluding carboxylic acids is 1. The number of hydrogen-bond acceptors (Lipinski definition) is 5.